The molecule has 1 aliphatic heterocycles. The highest BCUT2D eigenvalue weighted by molar-refractivity contribution is 5.92. The Hall–Kier alpha value is -2.45. The normalized spacial score (nSPS) is 25.8. The van der Waals surface area contributed by atoms with Crippen molar-refractivity contribution in [3.05, 3.63) is 24.3 Å². The number of aliphatic carboxylic acids is 1. The Morgan fingerprint density at radius 1 is 1.37 bits per heavy atom. The molecule has 27 heavy (non-hydrogen) atoms. The fraction of sp³-hybridized carbons (Fsp3) is 0.556. The number of carbonyl (C=O) groups is 2. The molecule has 1 aromatic carbocycles. The third-order valence-corrected chi connectivity index (χ3v) is 5.48. The maximum atomic E-state index is 12.7. The van der Waals surface area contributed by atoms with E-state index in [0.717, 1.165) is 19.8 Å². The summed E-state index contributed by atoms with van der Waals surface area (Å²) in [5, 5.41) is 12.2. The number of halogens is 3. The molecule has 148 valence electrons. The van der Waals surface area contributed by atoms with Gasteiger partial charge in [0.25, 0.3) is 0 Å². The van der Waals surface area contributed by atoms with E-state index in [9.17, 15) is 27.9 Å². The summed E-state index contributed by atoms with van der Waals surface area (Å²) in [7, 11) is 0. The Morgan fingerprint density at radius 3 is 2.70 bits per heavy atom. The average molecular weight is 386 g/mol. The average Bonchev–Trinajstić information content (AvgIpc) is 3.14. The number of benzene rings is 1. The van der Waals surface area contributed by atoms with E-state index >= 15 is 0 Å². The molecular formula is C18H21F3N2O4. The first-order valence-corrected chi connectivity index (χ1v) is 8.75. The third-order valence-electron chi connectivity index (χ3n) is 5.48. The quantitative estimate of drug-likeness (QED) is 0.826. The van der Waals surface area contributed by atoms with Crippen molar-refractivity contribution in [1.29, 1.82) is 0 Å². The Balaban J connectivity index is 1.71. The van der Waals surface area contributed by atoms with E-state index in [1.54, 1.807) is 6.07 Å². The highest BCUT2D eigenvalue weighted by atomic mass is 19.4. The van der Waals surface area contributed by atoms with Crippen LogP contribution in [-0.4, -0.2) is 47.4 Å². The van der Waals surface area contributed by atoms with Crippen LogP contribution in [0, 0.1) is 11.3 Å². The van der Waals surface area contributed by atoms with Gasteiger partial charge in [0.1, 0.15) is 5.75 Å². The van der Waals surface area contributed by atoms with Crippen LogP contribution < -0.4 is 10.1 Å². The molecule has 0 spiro atoms. The fourth-order valence-corrected chi connectivity index (χ4v) is 3.92. The van der Waals surface area contributed by atoms with E-state index in [-0.39, 0.29) is 23.9 Å². The van der Waals surface area contributed by atoms with E-state index in [4.69, 9.17) is 4.74 Å². The molecule has 1 saturated carbocycles. The number of likely N-dealkylation sites (tertiary alicyclic amines) is 1. The van der Waals surface area contributed by atoms with Gasteiger partial charge in [0.2, 0.25) is 0 Å². The Kier molecular flexibility index (Phi) is 4.96. The van der Waals surface area contributed by atoms with Crippen molar-refractivity contribution in [3.8, 4) is 5.75 Å². The number of anilines is 1. The van der Waals surface area contributed by atoms with Crippen molar-refractivity contribution in [2.45, 2.75) is 38.5 Å². The van der Waals surface area contributed by atoms with Gasteiger partial charge < -0.3 is 20.1 Å². The molecule has 1 aliphatic carbocycles. The summed E-state index contributed by atoms with van der Waals surface area (Å²) in [6.07, 6.45) is -4.47. The molecule has 0 bridgehead atoms. The molecule has 1 saturated heterocycles. The maximum absolute atomic E-state index is 12.7. The number of fused-ring (bicyclic) bond motifs is 1. The molecule has 1 heterocycles. The van der Waals surface area contributed by atoms with Crippen LogP contribution in [0.5, 0.6) is 5.75 Å². The van der Waals surface area contributed by atoms with Gasteiger partial charge >= 0.3 is 18.2 Å². The van der Waals surface area contributed by atoms with E-state index < -0.39 is 29.7 Å². The monoisotopic (exact) mass is 386 g/mol. The van der Waals surface area contributed by atoms with Crippen LogP contribution in [0.2, 0.25) is 0 Å². The first-order valence-electron chi connectivity index (χ1n) is 8.75. The fourth-order valence-electron chi connectivity index (χ4n) is 3.92. The number of amides is 2. The van der Waals surface area contributed by atoms with Crippen LogP contribution in [0.4, 0.5) is 23.7 Å². The second-order valence-electron chi connectivity index (χ2n) is 7.16. The SMILES string of the molecule is CC(Oc1ccccc1NC(=O)N1C[C@@H]2CCC[C@@]2(C(=O)O)C1)C(F)(F)F. The molecule has 1 unspecified atom stereocenters. The zero-order valence-corrected chi connectivity index (χ0v) is 14.8. The number of nitrogens with zero attached hydrogens (tertiary/aromatic N) is 1. The Bertz CT molecular complexity index is 740. The summed E-state index contributed by atoms with van der Waals surface area (Å²) in [6.45, 7) is 1.30. The minimum absolute atomic E-state index is 0.0944. The molecule has 2 amide bonds. The molecule has 2 aliphatic rings. The molecule has 1 aromatic rings. The summed E-state index contributed by atoms with van der Waals surface area (Å²) in [6, 6.07) is 5.32. The Morgan fingerprint density at radius 2 is 2.07 bits per heavy atom. The van der Waals surface area contributed by atoms with Gasteiger partial charge in [-0.15, -0.1) is 0 Å². The molecule has 0 radical (unpaired) electrons. The number of ether oxygens (including phenoxy) is 1. The van der Waals surface area contributed by atoms with Crippen molar-refractivity contribution in [3.63, 3.8) is 0 Å². The van der Waals surface area contributed by atoms with E-state index in [1.165, 1.54) is 23.1 Å². The van der Waals surface area contributed by atoms with Gasteiger partial charge in [-0.25, -0.2) is 4.79 Å². The van der Waals surface area contributed by atoms with Crippen LogP contribution in [0.3, 0.4) is 0 Å². The molecular weight excluding hydrogens is 365 g/mol. The summed E-state index contributed by atoms with van der Waals surface area (Å²) >= 11 is 0. The van der Waals surface area contributed by atoms with Crippen molar-refractivity contribution < 1.29 is 32.6 Å². The number of rotatable bonds is 4. The van der Waals surface area contributed by atoms with Gasteiger partial charge in [-0.2, -0.15) is 13.2 Å². The van der Waals surface area contributed by atoms with E-state index in [1.807, 2.05) is 0 Å². The topological polar surface area (TPSA) is 78.9 Å². The maximum Gasteiger partial charge on any atom is 0.425 e. The van der Waals surface area contributed by atoms with Crippen LogP contribution in [0.25, 0.3) is 0 Å². The second kappa shape index (κ2) is 6.94. The van der Waals surface area contributed by atoms with Crippen LogP contribution >= 0.6 is 0 Å². The van der Waals surface area contributed by atoms with Gasteiger partial charge in [-0.3, -0.25) is 4.79 Å². The Labute approximate surface area is 154 Å². The number of carbonyl (C=O) groups excluding carboxylic acids is 1. The lowest BCUT2D eigenvalue weighted by atomic mass is 9.81. The number of para-hydroxylation sites is 2. The number of alkyl halides is 3. The number of hydrogen-bond donors (Lipinski definition) is 2. The van der Waals surface area contributed by atoms with E-state index in [2.05, 4.69) is 5.32 Å². The number of carboxylic acid groups (broad SMARTS) is 1. The zero-order chi connectivity index (χ0) is 19.8. The lowest BCUT2D eigenvalue weighted by molar-refractivity contribution is -0.189. The predicted molar refractivity (Wildman–Crippen MR) is 90.6 cm³/mol. The predicted octanol–water partition coefficient (Wildman–Crippen LogP) is 3.73. The van der Waals surface area contributed by atoms with Crippen molar-refractivity contribution in [2.24, 2.45) is 11.3 Å². The first-order chi connectivity index (χ1) is 12.6. The number of hydrogen-bond acceptors (Lipinski definition) is 3. The lowest BCUT2D eigenvalue weighted by Crippen LogP contribution is -2.38. The largest absolute Gasteiger partial charge is 0.481 e. The molecule has 2 fully saturated rings. The summed E-state index contributed by atoms with van der Waals surface area (Å²) in [4.78, 5) is 25.7. The van der Waals surface area contributed by atoms with Crippen LogP contribution in [-0.2, 0) is 4.79 Å². The number of carboxylic acids is 1. The summed E-state index contributed by atoms with van der Waals surface area (Å²) in [5.41, 5.74) is -0.807. The minimum atomic E-state index is -4.53. The second-order valence-corrected chi connectivity index (χ2v) is 7.16. The van der Waals surface area contributed by atoms with E-state index in [0.29, 0.717) is 13.0 Å². The standard InChI is InChI=1S/C18H21F3N2O4/c1-11(18(19,20)21)27-14-7-3-2-6-13(14)22-16(26)23-9-12-5-4-8-17(12,10-23)15(24)25/h2-3,6-7,11-12H,4-5,8-10H2,1H3,(H,22,26)(H,24,25)/t11?,12-,17+/m0/s1. The van der Waals surface area contributed by atoms with Gasteiger partial charge in [-0.1, -0.05) is 18.6 Å². The molecule has 2 N–H and O–H groups in total. The molecule has 0 aromatic heterocycles. The van der Waals surface area contributed by atoms with Crippen LogP contribution in [0.1, 0.15) is 26.2 Å². The first kappa shape index (κ1) is 19.3. The van der Waals surface area contributed by atoms with Gasteiger partial charge in [-0.05, 0) is 37.8 Å². The smallest absolute Gasteiger partial charge is 0.425 e. The summed E-state index contributed by atoms with van der Waals surface area (Å²) in [5.74, 6) is -1.09. The third kappa shape index (κ3) is 3.68. The van der Waals surface area contributed by atoms with Crippen molar-refractivity contribution >= 4 is 17.7 Å². The summed E-state index contributed by atoms with van der Waals surface area (Å²) < 4.78 is 43.2. The van der Waals surface area contributed by atoms with Gasteiger partial charge in [0, 0.05) is 13.1 Å². The number of urea groups is 1. The van der Waals surface area contributed by atoms with Gasteiger partial charge in [0.05, 0.1) is 11.1 Å². The van der Waals surface area contributed by atoms with Crippen molar-refractivity contribution in [1.82, 2.24) is 4.90 Å². The molecule has 6 nitrogen and oxygen atoms in total. The number of nitrogens with one attached hydrogen (secondary N) is 1. The molecule has 3 atom stereocenters. The highest BCUT2D eigenvalue weighted by Crippen LogP contribution is 2.49. The zero-order valence-electron chi connectivity index (χ0n) is 14.8. The lowest BCUT2D eigenvalue weighted by Gasteiger charge is -2.24. The molecule has 9 heteroatoms. The minimum Gasteiger partial charge on any atom is -0.481 e. The highest BCUT2D eigenvalue weighted by Gasteiger charge is 2.55. The van der Waals surface area contributed by atoms with Crippen LogP contribution in [0.15, 0.2) is 24.3 Å². The van der Waals surface area contributed by atoms with Crippen molar-refractivity contribution in [2.75, 3.05) is 18.4 Å². The molecule has 3 rings (SSSR count). The van der Waals surface area contributed by atoms with Gasteiger partial charge in [0.15, 0.2) is 6.10 Å².